The van der Waals surface area contributed by atoms with Crippen LogP contribution < -0.4 is 0 Å². The molecule has 0 radical (unpaired) electrons. The predicted molar refractivity (Wildman–Crippen MR) is 94.5 cm³/mol. The van der Waals surface area contributed by atoms with Gasteiger partial charge in [-0.25, -0.2) is 4.79 Å². The molecule has 0 unspecified atom stereocenters. The molecule has 5 nitrogen and oxygen atoms in total. The number of hydrogen-bond acceptors (Lipinski definition) is 6. The molecule has 1 aromatic heterocycles. The van der Waals surface area contributed by atoms with E-state index in [1.54, 1.807) is 36.0 Å². The Morgan fingerprint density at radius 2 is 1.79 bits per heavy atom. The Labute approximate surface area is 147 Å². The van der Waals surface area contributed by atoms with Gasteiger partial charge in [0.05, 0.1) is 5.56 Å². The summed E-state index contributed by atoms with van der Waals surface area (Å²) in [4.78, 5) is 12.0. The molecule has 0 aliphatic heterocycles. The van der Waals surface area contributed by atoms with Crippen LogP contribution in [0.25, 0.3) is 11.5 Å². The summed E-state index contributed by atoms with van der Waals surface area (Å²) in [6.45, 7) is 0. The van der Waals surface area contributed by atoms with Crippen molar-refractivity contribution in [1.82, 2.24) is 10.2 Å². The minimum Gasteiger partial charge on any atom is -0.478 e. The molecule has 2 aromatic carbocycles. The van der Waals surface area contributed by atoms with Crippen molar-refractivity contribution in [2.45, 2.75) is 15.9 Å². The molecular formula is C17H14N2O3S2. The fourth-order valence-corrected chi connectivity index (χ4v) is 3.13. The second-order valence-corrected chi connectivity index (χ2v) is 6.70. The van der Waals surface area contributed by atoms with Gasteiger partial charge in [-0.15, -0.1) is 22.0 Å². The number of carbonyl (C=O) groups is 1. The van der Waals surface area contributed by atoms with Gasteiger partial charge in [-0.3, -0.25) is 0 Å². The first-order valence-corrected chi connectivity index (χ1v) is 9.29. The van der Waals surface area contributed by atoms with Gasteiger partial charge in [0.15, 0.2) is 0 Å². The lowest BCUT2D eigenvalue weighted by Gasteiger charge is -1.99. The average molecular weight is 358 g/mol. The average Bonchev–Trinajstić information content (AvgIpc) is 3.09. The van der Waals surface area contributed by atoms with Crippen molar-refractivity contribution in [3.05, 3.63) is 59.7 Å². The van der Waals surface area contributed by atoms with Gasteiger partial charge >= 0.3 is 5.97 Å². The van der Waals surface area contributed by atoms with E-state index in [2.05, 4.69) is 10.2 Å². The lowest BCUT2D eigenvalue weighted by atomic mass is 10.1. The number of nitrogens with zero attached hydrogens (tertiary/aromatic N) is 2. The van der Waals surface area contributed by atoms with E-state index in [4.69, 9.17) is 9.52 Å². The van der Waals surface area contributed by atoms with Gasteiger partial charge in [-0.2, -0.15) is 0 Å². The zero-order valence-electron chi connectivity index (χ0n) is 12.8. The molecule has 3 aromatic rings. The summed E-state index contributed by atoms with van der Waals surface area (Å²) in [6, 6.07) is 14.7. The minimum absolute atomic E-state index is 0.275. The summed E-state index contributed by atoms with van der Waals surface area (Å²) in [7, 11) is 0. The summed E-state index contributed by atoms with van der Waals surface area (Å²) in [5.74, 6) is 0.196. The highest BCUT2D eigenvalue weighted by Gasteiger charge is 2.10. The van der Waals surface area contributed by atoms with Gasteiger partial charge in [0, 0.05) is 16.2 Å². The van der Waals surface area contributed by atoms with Crippen LogP contribution >= 0.6 is 23.5 Å². The quantitative estimate of drug-likeness (QED) is 0.652. The first-order valence-electron chi connectivity index (χ1n) is 7.08. The highest BCUT2D eigenvalue weighted by molar-refractivity contribution is 7.98. The highest BCUT2D eigenvalue weighted by Crippen LogP contribution is 2.27. The van der Waals surface area contributed by atoms with E-state index in [9.17, 15) is 4.79 Å². The third-order valence-electron chi connectivity index (χ3n) is 3.31. The van der Waals surface area contributed by atoms with Crippen molar-refractivity contribution in [3.8, 4) is 11.5 Å². The van der Waals surface area contributed by atoms with E-state index in [0.29, 0.717) is 16.9 Å². The third kappa shape index (κ3) is 3.98. The van der Waals surface area contributed by atoms with Crippen LogP contribution in [-0.2, 0) is 5.75 Å². The maximum Gasteiger partial charge on any atom is 0.335 e. The lowest BCUT2D eigenvalue weighted by molar-refractivity contribution is 0.0697. The van der Waals surface area contributed by atoms with Crippen LogP contribution in [0.3, 0.4) is 0 Å². The summed E-state index contributed by atoms with van der Waals surface area (Å²) in [5.41, 5.74) is 2.16. The number of carboxylic acids is 1. The van der Waals surface area contributed by atoms with E-state index >= 15 is 0 Å². The van der Waals surface area contributed by atoms with E-state index in [1.807, 2.05) is 30.5 Å². The number of rotatable bonds is 6. The smallest absolute Gasteiger partial charge is 0.335 e. The Kier molecular flexibility index (Phi) is 5.22. The number of benzene rings is 2. The van der Waals surface area contributed by atoms with Gasteiger partial charge in [0.2, 0.25) is 5.89 Å². The molecule has 0 saturated carbocycles. The Balaban J connectivity index is 1.64. The summed E-state index contributed by atoms with van der Waals surface area (Å²) >= 11 is 3.10. The van der Waals surface area contributed by atoms with Gasteiger partial charge in [-0.05, 0) is 48.2 Å². The van der Waals surface area contributed by atoms with Crippen LogP contribution in [0.1, 0.15) is 15.9 Å². The number of hydrogen-bond donors (Lipinski definition) is 1. The molecule has 122 valence electrons. The monoisotopic (exact) mass is 358 g/mol. The number of thioether (sulfide) groups is 2. The normalized spacial score (nSPS) is 10.7. The molecular weight excluding hydrogens is 344 g/mol. The molecule has 1 N–H and O–H groups in total. The van der Waals surface area contributed by atoms with Gasteiger partial charge < -0.3 is 9.52 Å². The first kappa shape index (κ1) is 16.6. The molecule has 0 aliphatic carbocycles. The topological polar surface area (TPSA) is 76.2 Å². The van der Waals surface area contributed by atoms with E-state index in [1.165, 1.54) is 16.7 Å². The second kappa shape index (κ2) is 7.55. The molecule has 0 amide bonds. The van der Waals surface area contributed by atoms with Gasteiger partial charge in [-0.1, -0.05) is 23.9 Å². The molecule has 0 spiro atoms. The van der Waals surface area contributed by atoms with Crippen molar-refractivity contribution in [2.24, 2.45) is 0 Å². The van der Waals surface area contributed by atoms with E-state index < -0.39 is 5.97 Å². The maximum atomic E-state index is 10.8. The summed E-state index contributed by atoms with van der Waals surface area (Å²) in [5, 5.41) is 17.5. The fourth-order valence-electron chi connectivity index (χ4n) is 2.01. The second-order valence-electron chi connectivity index (χ2n) is 4.89. The maximum absolute atomic E-state index is 10.8. The number of aromatic carboxylic acids is 1. The standard InChI is InChI=1S/C17H14N2O3S2/c1-23-14-8-6-12(7-9-14)15-18-19-17(22-15)24-10-11-2-4-13(5-3-11)16(20)21/h2-9H,10H2,1H3,(H,20,21). The zero-order chi connectivity index (χ0) is 16.9. The van der Waals surface area contributed by atoms with Gasteiger partial charge in [0.25, 0.3) is 5.22 Å². The Bertz CT molecular complexity index is 830. The van der Waals surface area contributed by atoms with Crippen LogP contribution in [0, 0.1) is 0 Å². The molecule has 0 aliphatic rings. The molecule has 24 heavy (non-hydrogen) atoms. The molecule has 0 saturated heterocycles. The number of carboxylic acid groups (broad SMARTS) is 1. The largest absolute Gasteiger partial charge is 0.478 e. The Hall–Kier alpha value is -2.25. The van der Waals surface area contributed by atoms with Crippen LogP contribution in [0.4, 0.5) is 0 Å². The van der Waals surface area contributed by atoms with Crippen LogP contribution in [-0.4, -0.2) is 27.5 Å². The predicted octanol–water partition coefficient (Wildman–Crippen LogP) is 4.45. The van der Waals surface area contributed by atoms with E-state index in [-0.39, 0.29) is 5.56 Å². The van der Waals surface area contributed by atoms with Crippen LogP contribution in [0.15, 0.2) is 63.1 Å². The molecule has 0 bridgehead atoms. The van der Waals surface area contributed by atoms with Crippen molar-refractivity contribution >= 4 is 29.5 Å². The van der Waals surface area contributed by atoms with Gasteiger partial charge in [0.1, 0.15) is 0 Å². The van der Waals surface area contributed by atoms with Crippen molar-refractivity contribution in [1.29, 1.82) is 0 Å². The summed E-state index contributed by atoms with van der Waals surface area (Å²) in [6.07, 6.45) is 2.03. The highest BCUT2D eigenvalue weighted by atomic mass is 32.2. The van der Waals surface area contributed by atoms with E-state index in [0.717, 1.165) is 11.1 Å². The minimum atomic E-state index is -0.928. The first-order chi connectivity index (χ1) is 11.7. The SMILES string of the molecule is CSc1ccc(-c2nnc(SCc3ccc(C(=O)O)cc3)o2)cc1. The van der Waals surface area contributed by atoms with Crippen LogP contribution in [0.5, 0.6) is 0 Å². The molecule has 7 heteroatoms. The molecule has 3 rings (SSSR count). The Morgan fingerprint density at radius 3 is 2.42 bits per heavy atom. The fraction of sp³-hybridized carbons (Fsp3) is 0.118. The lowest BCUT2D eigenvalue weighted by Crippen LogP contribution is -1.95. The molecule has 1 heterocycles. The molecule has 0 atom stereocenters. The molecule has 0 fully saturated rings. The van der Waals surface area contributed by atoms with Crippen molar-refractivity contribution < 1.29 is 14.3 Å². The third-order valence-corrected chi connectivity index (χ3v) is 4.94. The zero-order valence-corrected chi connectivity index (χ0v) is 14.4. The van der Waals surface area contributed by atoms with Crippen molar-refractivity contribution in [3.63, 3.8) is 0 Å². The Morgan fingerprint density at radius 1 is 1.08 bits per heavy atom. The van der Waals surface area contributed by atoms with Crippen LogP contribution in [0.2, 0.25) is 0 Å². The van der Waals surface area contributed by atoms with Crippen molar-refractivity contribution in [2.75, 3.05) is 6.26 Å². The summed E-state index contributed by atoms with van der Waals surface area (Å²) < 4.78 is 5.67. The number of aromatic nitrogens is 2.